The molecule has 1 N–H and O–H groups in total. The molecule has 0 amide bonds. The normalized spacial score (nSPS) is 27.4. The van der Waals surface area contributed by atoms with Crippen LogP contribution in [0.25, 0.3) is 0 Å². The average Bonchev–Trinajstić information content (AvgIpc) is 3.01. The summed E-state index contributed by atoms with van der Waals surface area (Å²) < 4.78 is 10.7. The topological polar surface area (TPSA) is 60.2 Å². The molecule has 5 nitrogen and oxygen atoms in total. The molecule has 2 fully saturated rings. The number of hydrogen-bond acceptors (Lipinski definition) is 5. The molecule has 1 aromatic rings. The third-order valence-electron chi connectivity index (χ3n) is 3.45. The van der Waals surface area contributed by atoms with E-state index >= 15 is 0 Å². The molecule has 88 valence electrons. The van der Waals surface area contributed by atoms with Gasteiger partial charge >= 0.3 is 0 Å². The van der Waals surface area contributed by atoms with Crippen LogP contribution in [-0.4, -0.2) is 36.4 Å². The van der Waals surface area contributed by atoms with Crippen LogP contribution in [0.1, 0.15) is 42.8 Å². The Balaban J connectivity index is 1.71. The van der Waals surface area contributed by atoms with E-state index in [0.717, 1.165) is 57.3 Å². The van der Waals surface area contributed by atoms with E-state index in [1.807, 2.05) is 0 Å². The highest BCUT2D eigenvalue weighted by Gasteiger charge is 2.26. The van der Waals surface area contributed by atoms with E-state index in [-0.39, 0.29) is 0 Å². The van der Waals surface area contributed by atoms with Gasteiger partial charge < -0.3 is 14.6 Å². The van der Waals surface area contributed by atoms with Gasteiger partial charge in [0, 0.05) is 25.7 Å². The molecule has 2 saturated heterocycles. The predicted molar refractivity (Wildman–Crippen MR) is 57.3 cm³/mol. The first kappa shape index (κ1) is 10.2. The third kappa shape index (κ3) is 1.97. The molecule has 0 aromatic carbocycles. The lowest BCUT2D eigenvalue weighted by Gasteiger charge is -2.18. The largest absolute Gasteiger partial charge is 0.381 e. The predicted octanol–water partition coefficient (Wildman–Crippen LogP) is 1.04. The summed E-state index contributed by atoms with van der Waals surface area (Å²) in [5, 5.41) is 7.43. The van der Waals surface area contributed by atoms with E-state index in [0.29, 0.717) is 11.8 Å². The van der Waals surface area contributed by atoms with Crippen LogP contribution >= 0.6 is 0 Å². The molecular weight excluding hydrogens is 206 g/mol. The van der Waals surface area contributed by atoms with Gasteiger partial charge in [0.25, 0.3) is 0 Å². The summed E-state index contributed by atoms with van der Waals surface area (Å²) in [4.78, 5) is 4.54. The van der Waals surface area contributed by atoms with E-state index in [2.05, 4.69) is 15.5 Å². The first-order valence-electron chi connectivity index (χ1n) is 6.05. The van der Waals surface area contributed by atoms with Crippen LogP contribution in [0.2, 0.25) is 0 Å². The Morgan fingerprint density at radius 1 is 1.12 bits per heavy atom. The Kier molecular flexibility index (Phi) is 2.88. The number of nitrogens with zero attached hydrogens (tertiary/aromatic N) is 2. The van der Waals surface area contributed by atoms with Crippen molar-refractivity contribution in [3.05, 3.63) is 11.7 Å². The molecule has 1 unspecified atom stereocenters. The Labute approximate surface area is 94.6 Å². The van der Waals surface area contributed by atoms with Crippen LogP contribution in [0.5, 0.6) is 0 Å². The van der Waals surface area contributed by atoms with Crippen molar-refractivity contribution < 1.29 is 9.26 Å². The Hall–Kier alpha value is -0.940. The van der Waals surface area contributed by atoms with E-state index in [1.165, 1.54) is 0 Å². The van der Waals surface area contributed by atoms with Crippen LogP contribution in [0.3, 0.4) is 0 Å². The number of ether oxygens (including phenoxy) is 1. The van der Waals surface area contributed by atoms with Crippen LogP contribution in [0.15, 0.2) is 4.52 Å². The van der Waals surface area contributed by atoms with E-state index in [4.69, 9.17) is 9.26 Å². The summed E-state index contributed by atoms with van der Waals surface area (Å²) in [6.45, 7) is 3.66. The maximum absolute atomic E-state index is 5.36. The highest BCUT2D eigenvalue weighted by Crippen LogP contribution is 2.27. The van der Waals surface area contributed by atoms with Gasteiger partial charge in [-0.25, -0.2) is 0 Å². The summed E-state index contributed by atoms with van der Waals surface area (Å²) in [7, 11) is 0. The first-order valence-corrected chi connectivity index (χ1v) is 6.05. The minimum Gasteiger partial charge on any atom is -0.381 e. The van der Waals surface area contributed by atoms with Crippen molar-refractivity contribution in [2.75, 3.05) is 26.3 Å². The Bertz CT molecular complexity index is 341. The van der Waals surface area contributed by atoms with Gasteiger partial charge in [-0.3, -0.25) is 0 Å². The van der Waals surface area contributed by atoms with Crippen LogP contribution in [-0.2, 0) is 4.74 Å². The standard InChI is InChI=1S/C11H17N3O2/c1-4-12-7-9(1)11-13-10(14-16-11)8-2-5-15-6-3-8/h8-9,12H,1-7H2. The Morgan fingerprint density at radius 2 is 2.00 bits per heavy atom. The quantitative estimate of drug-likeness (QED) is 0.811. The second-order valence-electron chi connectivity index (χ2n) is 4.57. The minimum atomic E-state index is 0.418. The van der Waals surface area contributed by atoms with Crippen LogP contribution in [0, 0.1) is 0 Å². The zero-order valence-corrected chi connectivity index (χ0v) is 9.32. The molecule has 2 aliphatic heterocycles. The van der Waals surface area contributed by atoms with E-state index in [9.17, 15) is 0 Å². The minimum absolute atomic E-state index is 0.418. The highest BCUT2D eigenvalue weighted by atomic mass is 16.5. The lowest BCUT2D eigenvalue weighted by molar-refractivity contribution is 0.0830. The fourth-order valence-electron chi connectivity index (χ4n) is 2.40. The molecule has 0 bridgehead atoms. The molecular formula is C11H17N3O2. The van der Waals surface area contributed by atoms with Crippen molar-refractivity contribution in [3.8, 4) is 0 Å². The molecule has 0 spiro atoms. The van der Waals surface area contributed by atoms with Gasteiger partial charge in [-0.1, -0.05) is 5.16 Å². The van der Waals surface area contributed by atoms with Gasteiger partial charge in [0.05, 0.1) is 5.92 Å². The molecule has 3 heterocycles. The molecule has 0 radical (unpaired) electrons. The van der Waals surface area contributed by atoms with Gasteiger partial charge in [-0.15, -0.1) is 0 Å². The first-order chi connectivity index (χ1) is 7.93. The SMILES string of the molecule is C1CC(c2nc(C3CCOCC3)no2)CN1. The van der Waals surface area contributed by atoms with Crippen molar-refractivity contribution in [3.63, 3.8) is 0 Å². The molecule has 1 atom stereocenters. The highest BCUT2D eigenvalue weighted by molar-refractivity contribution is 5.02. The maximum atomic E-state index is 5.36. The monoisotopic (exact) mass is 223 g/mol. The Morgan fingerprint density at radius 3 is 2.75 bits per heavy atom. The number of nitrogens with one attached hydrogen (secondary N) is 1. The summed E-state index contributed by atoms with van der Waals surface area (Å²) >= 11 is 0. The summed E-state index contributed by atoms with van der Waals surface area (Å²) in [6.07, 6.45) is 3.14. The molecule has 16 heavy (non-hydrogen) atoms. The van der Waals surface area contributed by atoms with Crippen molar-refractivity contribution >= 4 is 0 Å². The van der Waals surface area contributed by atoms with Gasteiger partial charge in [0.1, 0.15) is 0 Å². The van der Waals surface area contributed by atoms with Crippen LogP contribution in [0.4, 0.5) is 0 Å². The van der Waals surface area contributed by atoms with Crippen molar-refractivity contribution in [1.82, 2.24) is 15.5 Å². The van der Waals surface area contributed by atoms with Gasteiger partial charge in [0.15, 0.2) is 5.82 Å². The molecule has 2 aliphatic rings. The molecule has 0 saturated carbocycles. The third-order valence-corrected chi connectivity index (χ3v) is 3.45. The second kappa shape index (κ2) is 4.51. The zero-order chi connectivity index (χ0) is 10.8. The number of aromatic nitrogens is 2. The van der Waals surface area contributed by atoms with E-state index in [1.54, 1.807) is 0 Å². The van der Waals surface area contributed by atoms with E-state index < -0.39 is 0 Å². The lowest BCUT2D eigenvalue weighted by Crippen LogP contribution is -2.15. The molecule has 3 rings (SSSR count). The average molecular weight is 223 g/mol. The molecule has 0 aliphatic carbocycles. The smallest absolute Gasteiger partial charge is 0.231 e. The van der Waals surface area contributed by atoms with Crippen LogP contribution < -0.4 is 5.32 Å². The van der Waals surface area contributed by atoms with Gasteiger partial charge in [-0.2, -0.15) is 4.98 Å². The summed E-state index contributed by atoms with van der Waals surface area (Å²) in [6, 6.07) is 0. The summed E-state index contributed by atoms with van der Waals surface area (Å²) in [5.41, 5.74) is 0. The molecule has 1 aromatic heterocycles. The number of rotatable bonds is 2. The fourth-order valence-corrected chi connectivity index (χ4v) is 2.40. The number of hydrogen-bond donors (Lipinski definition) is 1. The fraction of sp³-hybridized carbons (Fsp3) is 0.818. The van der Waals surface area contributed by atoms with Crippen molar-refractivity contribution in [2.24, 2.45) is 0 Å². The second-order valence-corrected chi connectivity index (χ2v) is 4.57. The van der Waals surface area contributed by atoms with Crippen molar-refractivity contribution in [2.45, 2.75) is 31.1 Å². The zero-order valence-electron chi connectivity index (χ0n) is 9.32. The lowest BCUT2D eigenvalue weighted by atomic mass is 10.00. The molecule has 5 heteroatoms. The van der Waals surface area contributed by atoms with Crippen molar-refractivity contribution in [1.29, 1.82) is 0 Å². The van der Waals surface area contributed by atoms with Gasteiger partial charge in [0.2, 0.25) is 5.89 Å². The maximum Gasteiger partial charge on any atom is 0.231 e. The van der Waals surface area contributed by atoms with Gasteiger partial charge in [-0.05, 0) is 25.8 Å². The summed E-state index contributed by atoms with van der Waals surface area (Å²) in [5.74, 6) is 2.54.